The Morgan fingerprint density at radius 2 is 2.14 bits per heavy atom. The third kappa shape index (κ3) is 3.71. The molecule has 8 nitrogen and oxygen atoms in total. The molecule has 0 radical (unpaired) electrons. The van der Waals surface area contributed by atoms with Crippen LogP contribution >= 0.6 is 0 Å². The SMILES string of the molecule is Cc1cccc(NC(=O)COc2ccccc2[C@@H]2CC(=O)Nc3ncnn32)c1. The van der Waals surface area contributed by atoms with Gasteiger partial charge in [0.05, 0.1) is 12.5 Å². The second-order valence-corrected chi connectivity index (χ2v) is 6.54. The van der Waals surface area contributed by atoms with Gasteiger partial charge in [-0.25, -0.2) is 4.68 Å². The molecule has 2 aromatic carbocycles. The fourth-order valence-corrected chi connectivity index (χ4v) is 3.20. The molecule has 0 fully saturated rings. The smallest absolute Gasteiger partial charge is 0.262 e. The monoisotopic (exact) mass is 377 g/mol. The summed E-state index contributed by atoms with van der Waals surface area (Å²) in [4.78, 5) is 28.3. The van der Waals surface area contributed by atoms with E-state index < -0.39 is 0 Å². The van der Waals surface area contributed by atoms with Gasteiger partial charge in [-0.2, -0.15) is 10.1 Å². The molecule has 28 heavy (non-hydrogen) atoms. The third-order valence-corrected chi connectivity index (χ3v) is 4.44. The summed E-state index contributed by atoms with van der Waals surface area (Å²) in [5.41, 5.74) is 2.55. The minimum atomic E-state index is -0.345. The molecule has 2 N–H and O–H groups in total. The normalized spacial score (nSPS) is 15.5. The van der Waals surface area contributed by atoms with Gasteiger partial charge in [0.1, 0.15) is 12.1 Å². The van der Waals surface area contributed by atoms with Crippen molar-refractivity contribution in [3.8, 4) is 5.75 Å². The number of nitrogens with one attached hydrogen (secondary N) is 2. The lowest BCUT2D eigenvalue weighted by molar-refractivity contribution is -0.118. The topological polar surface area (TPSA) is 98.1 Å². The van der Waals surface area contributed by atoms with Crippen molar-refractivity contribution in [1.29, 1.82) is 0 Å². The zero-order valence-corrected chi connectivity index (χ0v) is 15.3. The van der Waals surface area contributed by atoms with Gasteiger partial charge in [0.15, 0.2) is 6.61 Å². The zero-order valence-electron chi connectivity index (χ0n) is 15.3. The van der Waals surface area contributed by atoms with E-state index in [2.05, 4.69) is 20.7 Å². The van der Waals surface area contributed by atoms with Crippen molar-refractivity contribution >= 4 is 23.5 Å². The van der Waals surface area contributed by atoms with Gasteiger partial charge in [-0.15, -0.1) is 0 Å². The highest BCUT2D eigenvalue weighted by atomic mass is 16.5. The van der Waals surface area contributed by atoms with E-state index in [1.54, 1.807) is 10.7 Å². The highest BCUT2D eigenvalue weighted by Crippen LogP contribution is 2.34. The van der Waals surface area contributed by atoms with Crippen LogP contribution in [0.4, 0.5) is 11.6 Å². The number of anilines is 2. The van der Waals surface area contributed by atoms with E-state index in [9.17, 15) is 9.59 Å². The number of rotatable bonds is 5. The highest BCUT2D eigenvalue weighted by molar-refractivity contribution is 5.92. The van der Waals surface area contributed by atoms with Crippen LogP contribution in [-0.2, 0) is 9.59 Å². The van der Waals surface area contributed by atoms with Crippen LogP contribution in [0.5, 0.6) is 5.75 Å². The number of benzene rings is 2. The molecule has 0 aliphatic carbocycles. The first kappa shape index (κ1) is 17.7. The van der Waals surface area contributed by atoms with Gasteiger partial charge in [0, 0.05) is 11.3 Å². The van der Waals surface area contributed by atoms with Crippen LogP contribution in [0.1, 0.15) is 23.6 Å². The Labute approximate surface area is 161 Å². The number of amides is 2. The molecule has 3 aromatic rings. The number of hydrogen-bond donors (Lipinski definition) is 2. The van der Waals surface area contributed by atoms with Crippen LogP contribution in [0.15, 0.2) is 54.9 Å². The van der Waals surface area contributed by atoms with Gasteiger partial charge in [0.2, 0.25) is 11.9 Å². The third-order valence-electron chi connectivity index (χ3n) is 4.44. The summed E-state index contributed by atoms with van der Waals surface area (Å²) >= 11 is 0. The van der Waals surface area contributed by atoms with E-state index >= 15 is 0 Å². The number of ether oxygens (including phenoxy) is 1. The summed E-state index contributed by atoms with van der Waals surface area (Å²) in [7, 11) is 0. The van der Waals surface area contributed by atoms with Crippen LogP contribution in [0.3, 0.4) is 0 Å². The van der Waals surface area contributed by atoms with Crippen molar-refractivity contribution in [3.05, 3.63) is 66.0 Å². The molecule has 1 aromatic heterocycles. The first-order chi connectivity index (χ1) is 13.6. The molecule has 0 saturated heterocycles. The van der Waals surface area contributed by atoms with Crippen molar-refractivity contribution in [2.45, 2.75) is 19.4 Å². The minimum Gasteiger partial charge on any atom is -0.483 e. The average Bonchev–Trinajstić information content (AvgIpc) is 3.14. The van der Waals surface area contributed by atoms with E-state index in [0.717, 1.165) is 16.8 Å². The standard InChI is InChI=1S/C20H19N5O3/c1-13-5-4-6-14(9-13)23-19(27)11-28-17-8-3-2-7-15(17)16-10-18(26)24-20-21-12-22-25(16)20/h2-9,12,16H,10-11H2,1H3,(H,23,27)(H,21,22,24,26)/t16-/m0/s1. The van der Waals surface area contributed by atoms with Crippen LogP contribution in [-0.4, -0.2) is 33.2 Å². The Balaban J connectivity index is 1.50. The molecule has 2 heterocycles. The Morgan fingerprint density at radius 1 is 1.29 bits per heavy atom. The number of carbonyl (C=O) groups is 2. The maximum atomic E-state index is 12.3. The summed E-state index contributed by atoms with van der Waals surface area (Å²) in [5, 5.41) is 9.71. The number of aromatic nitrogens is 3. The van der Waals surface area contributed by atoms with Crippen molar-refractivity contribution in [2.24, 2.45) is 0 Å². The fraction of sp³-hybridized carbons (Fsp3) is 0.200. The van der Waals surface area contributed by atoms with Crippen molar-refractivity contribution in [3.63, 3.8) is 0 Å². The lowest BCUT2D eigenvalue weighted by atomic mass is 10.0. The first-order valence-corrected chi connectivity index (χ1v) is 8.88. The second-order valence-electron chi connectivity index (χ2n) is 6.54. The molecule has 4 rings (SSSR count). The molecule has 0 unspecified atom stereocenters. The first-order valence-electron chi connectivity index (χ1n) is 8.88. The zero-order chi connectivity index (χ0) is 19.5. The van der Waals surface area contributed by atoms with Crippen molar-refractivity contribution in [1.82, 2.24) is 14.8 Å². The number of aryl methyl sites for hydroxylation is 1. The summed E-state index contributed by atoms with van der Waals surface area (Å²) in [5.74, 6) is 0.525. The van der Waals surface area contributed by atoms with Gasteiger partial charge >= 0.3 is 0 Å². The predicted molar refractivity (Wildman–Crippen MR) is 103 cm³/mol. The Morgan fingerprint density at radius 3 is 3.00 bits per heavy atom. The number of nitrogens with zero attached hydrogens (tertiary/aromatic N) is 3. The van der Waals surface area contributed by atoms with Gasteiger partial charge < -0.3 is 10.1 Å². The molecular formula is C20H19N5O3. The molecule has 8 heteroatoms. The summed E-state index contributed by atoms with van der Waals surface area (Å²) in [6.07, 6.45) is 1.61. The van der Waals surface area contributed by atoms with E-state index in [4.69, 9.17) is 4.74 Å². The minimum absolute atomic E-state index is 0.141. The van der Waals surface area contributed by atoms with Crippen LogP contribution in [0.25, 0.3) is 0 Å². The lowest BCUT2D eigenvalue weighted by Crippen LogP contribution is -2.29. The van der Waals surface area contributed by atoms with E-state index in [-0.39, 0.29) is 30.9 Å². The van der Waals surface area contributed by atoms with Gasteiger partial charge in [-0.1, -0.05) is 30.3 Å². The van der Waals surface area contributed by atoms with Gasteiger partial charge in [0.25, 0.3) is 5.91 Å². The maximum absolute atomic E-state index is 12.3. The van der Waals surface area contributed by atoms with Crippen LogP contribution in [0, 0.1) is 6.92 Å². The van der Waals surface area contributed by atoms with E-state index in [1.807, 2.05) is 49.4 Å². The molecular weight excluding hydrogens is 358 g/mol. The Kier molecular flexibility index (Phi) is 4.76. The van der Waals surface area contributed by atoms with Crippen LogP contribution < -0.4 is 15.4 Å². The number of para-hydroxylation sites is 1. The Hall–Kier alpha value is -3.68. The average molecular weight is 377 g/mol. The fourth-order valence-electron chi connectivity index (χ4n) is 3.20. The molecule has 1 aliphatic heterocycles. The molecule has 142 valence electrons. The molecule has 0 saturated carbocycles. The molecule has 0 spiro atoms. The number of fused-ring (bicyclic) bond motifs is 1. The second kappa shape index (κ2) is 7.51. The quantitative estimate of drug-likeness (QED) is 0.712. The summed E-state index contributed by atoms with van der Waals surface area (Å²) < 4.78 is 7.43. The predicted octanol–water partition coefficient (Wildman–Crippen LogP) is 2.54. The maximum Gasteiger partial charge on any atom is 0.262 e. The summed E-state index contributed by atoms with van der Waals surface area (Å²) in [6.45, 7) is 1.81. The van der Waals surface area contributed by atoms with Gasteiger partial charge in [-0.3, -0.25) is 14.9 Å². The number of carbonyl (C=O) groups excluding carboxylic acids is 2. The highest BCUT2D eigenvalue weighted by Gasteiger charge is 2.29. The van der Waals surface area contributed by atoms with E-state index in [0.29, 0.717) is 11.7 Å². The molecule has 1 atom stereocenters. The molecule has 1 aliphatic rings. The number of hydrogen-bond acceptors (Lipinski definition) is 5. The molecule has 0 bridgehead atoms. The lowest BCUT2D eigenvalue weighted by Gasteiger charge is -2.25. The van der Waals surface area contributed by atoms with Gasteiger partial charge in [-0.05, 0) is 30.7 Å². The van der Waals surface area contributed by atoms with Crippen molar-refractivity contribution < 1.29 is 14.3 Å². The largest absolute Gasteiger partial charge is 0.483 e. The van der Waals surface area contributed by atoms with Crippen LogP contribution in [0.2, 0.25) is 0 Å². The summed E-state index contributed by atoms with van der Waals surface area (Å²) in [6, 6.07) is 14.5. The van der Waals surface area contributed by atoms with E-state index in [1.165, 1.54) is 6.33 Å². The van der Waals surface area contributed by atoms with Crippen molar-refractivity contribution in [2.75, 3.05) is 17.2 Å². The molecule has 2 amide bonds. The Bertz CT molecular complexity index is 1030.